The number of carbonyl (C=O) groups excluding carboxylic acids is 1. The Morgan fingerprint density at radius 1 is 1.03 bits per heavy atom. The number of aromatic amines is 1. The number of ether oxygens (including phenoxy) is 1. The van der Waals surface area contributed by atoms with Crippen LogP contribution in [-0.4, -0.2) is 32.3 Å². The Bertz CT molecular complexity index is 1520. The molecule has 0 saturated carbocycles. The molecule has 5 aromatic rings. The van der Waals surface area contributed by atoms with Crippen LogP contribution in [-0.2, 0) is 11.2 Å². The normalized spacial score (nSPS) is 10.8. The van der Waals surface area contributed by atoms with Crippen molar-refractivity contribution in [2.75, 3.05) is 11.9 Å². The Morgan fingerprint density at radius 3 is 2.56 bits per heavy atom. The van der Waals surface area contributed by atoms with Gasteiger partial charge in [0.2, 0.25) is 11.9 Å². The summed E-state index contributed by atoms with van der Waals surface area (Å²) in [6.45, 7) is 2.49. The largest absolute Gasteiger partial charge is 0.494 e. The second kappa shape index (κ2) is 10.1. The van der Waals surface area contributed by atoms with Crippen molar-refractivity contribution in [1.82, 2.24) is 19.7 Å². The molecule has 0 aliphatic carbocycles. The second-order valence-corrected chi connectivity index (χ2v) is 7.93. The highest BCUT2D eigenvalue weighted by molar-refractivity contribution is 5.92. The molecule has 180 valence electrons. The van der Waals surface area contributed by atoms with Gasteiger partial charge in [-0.05, 0) is 36.8 Å². The Hall–Kier alpha value is -4.92. The first-order chi connectivity index (χ1) is 17.6. The van der Waals surface area contributed by atoms with E-state index in [4.69, 9.17) is 9.15 Å². The molecule has 0 unspecified atom stereocenters. The number of aromatic nitrogens is 4. The molecule has 36 heavy (non-hydrogen) atoms. The van der Waals surface area contributed by atoms with Crippen LogP contribution in [0.4, 0.5) is 5.82 Å². The zero-order valence-electron chi connectivity index (χ0n) is 19.5. The lowest BCUT2D eigenvalue weighted by Crippen LogP contribution is -2.19. The van der Waals surface area contributed by atoms with Crippen molar-refractivity contribution >= 4 is 11.7 Å². The molecule has 3 aromatic heterocycles. The number of benzene rings is 2. The maximum Gasteiger partial charge on any atom is 0.252 e. The van der Waals surface area contributed by atoms with Crippen LogP contribution in [0.15, 0.2) is 94.3 Å². The van der Waals surface area contributed by atoms with E-state index in [0.717, 1.165) is 16.9 Å². The van der Waals surface area contributed by atoms with E-state index in [9.17, 15) is 9.59 Å². The quantitative estimate of drug-likeness (QED) is 0.338. The molecular weight excluding hydrogens is 458 g/mol. The fourth-order valence-corrected chi connectivity index (χ4v) is 3.72. The van der Waals surface area contributed by atoms with E-state index < -0.39 is 0 Å². The molecule has 0 aliphatic rings. The number of nitrogens with zero attached hydrogens (tertiary/aromatic N) is 3. The van der Waals surface area contributed by atoms with Gasteiger partial charge in [-0.2, -0.15) is 9.78 Å². The number of hydrogen-bond acceptors (Lipinski definition) is 6. The van der Waals surface area contributed by atoms with Crippen LogP contribution in [0.25, 0.3) is 28.7 Å². The summed E-state index contributed by atoms with van der Waals surface area (Å²) in [5.41, 5.74) is 2.22. The van der Waals surface area contributed by atoms with Crippen molar-refractivity contribution < 1.29 is 13.9 Å². The van der Waals surface area contributed by atoms with Crippen molar-refractivity contribution in [2.45, 2.75) is 13.3 Å². The van der Waals surface area contributed by atoms with E-state index in [-0.39, 0.29) is 23.8 Å². The predicted molar refractivity (Wildman–Crippen MR) is 135 cm³/mol. The number of anilines is 1. The predicted octanol–water partition coefficient (Wildman–Crippen LogP) is 4.46. The van der Waals surface area contributed by atoms with Crippen LogP contribution in [0, 0.1) is 0 Å². The van der Waals surface area contributed by atoms with Crippen molar-refractivity contribution in [3.05, 3.63) is 101 Å². The maximum atomic E-state index is 12.9. The smallest absolute Gasteiger partial charge is 0.252 e. The molecule has 5 rings (SSSR count). The van der Waals surface area contributed by atoms with E-state index in [2.05, 4.69) is 20.4 Å². The van der Waals surface area contributed by atoms with Crippen molar-refractivity contribution in [3.8, 4) is 34.4 Å². The standard InChI is InChI=1S/C27H23N5O4/c1-2-35-20-12-10-18(11-13-20)15-25(33)29-24-16-22(23-9-6-14-36-23)31-32(24)27-28-21(17-26(34)30-27)19-7-4-3-5-8-19/h3-14,16-17H,2,15H2,1H3,(H,29,33)(H,28,30,34). The average Bonchev–Trinajstić information content (AvgIpc) is 3.56. The summed E-state index contributed by atoms with van der Waals surface area (Å²) >= 11 is 0. The maximum absolute atomic E-state index is 12.9. The topological polar surface area (TPSA) is 115 Å². The van der Waals surface area contributed by atoms with Crippen molar-refractivity contribution in [2.24, 2.45) is 0 Å². The number of rotatable bonds is 8. The van der Waals surface area contributed by atoms with Gasteiger partial charge >= 0.3 is 0 Å². The number of H-pyrrole nitrogens is 1. The third-order valence-electron chi connectivity index (χ3n) is 5.35. The van der Waals surface area contributed by atoms with E-state index >= 15 is 0 Å². The van der Waals surface area contributed by atoms with Gasteiger partial charge in [0.25, 0.3) is 5.56 Å². The monoisotopic (exact) mass is 481 g/mol. The van der Waals surface area contributed by atoms with Crippen LogP contribution >= 0.6 is 0 Å². The summed E-state index contributed by atoms with van der Waals surface area (Å²) in [5.74, 6) is 1.50. The van der Waals surface area contributed by atoms with Gasteiger partial charge in [0.1, 0.15) is 17.3 Å². The summed E-state index contributed by atoms with van der Waals surface area (Å²) in [4.78, 5) is 32.7. The molecule has 0 bridgehead atoms. The lowest BCUT2D eigenvalue weighted by molar-refractivity contribution is -0.115. The first kappa shape index (κ1) is 22.9. The summed E-state index contributed by atoms with van der Waals surface area (Å²) in [7, 11) is 0. The van der Waals surface area contributed by atoms with E-state index in [0.29, 0.717) is 29.6 Å². The minimum absolute atomic E-state index is 0.141. The highest BCUT2D eigenvalue weighted by Crippen LogP contribution is 2.25. The highest BCUT2D eigenvalue weighted by atomic mass is 16.5. The molecule has 9 nitrogen and oxygen atoms in total. The number of furan rings is 1. The van der Waals surface area contributed by atoms with Gasteiger partial charge in [0, 0.05) is 17.7 Å². The van der Waals surface area contributed by atoms with Gasteiger partial charge in [-0.1, -0.05) is 42.5 Å². The molecule has 3 heterocycles. The first-order valence-electron chi connectivity index (χ1n) is 11.4. The molecule has 0 aliphatic heterocycles. The molecule has 0 atom stereocenters. The zero-order valence-corrected chi connectivity index (χ0v) is 19.5. The van der Waals surface area contributed by atoms with Gasteiger partial charge in [-0.3, -0.25) is 14.6 Å². The van der Waals surface area contributed by atoms with E-state index in [1.807, 2.05) is 61.5 Å². The van der Waals surface area contributed by atoms with Crippen LogP contribution in [0.1, 0.15) is 12.5 Å². The minimum Gasteiger partial charge on any atom is -0.494 e. The Labute approximate surface area is 206 Å². The lowest BCUT2D eigenvalue weighted by Gasteiger charge is -2.10. The summed E-state index contributed by atoms with van der Waals surface area (Å²) < 4.78 is 12.3. The molecule has 1 amide bonds. The van der Waals surface area contributed by atoms with Crippen LogP contribution in [0.2, 0.25) is 0 Å². The molecule has 2 aromatic carbocycles. The Balaban J connectivity index is 1.47. The molecule has 9 heteroatoms. The minimum atomic E-state index is -0.347. The number of nitrogens with one attached hydrogen (secondary N) is 2. The fraction of sp³-hybridized carbons (Fsp3) is 0.111. The van der Waals surface area contributed by atoms with Crippen LogP contribution < -0.4 is 15.6 Å². The lowest BCUT2D eigenvalue weighted by atomic mass is 10.1. The fourth-order valence-electron chi connectivity index (χ4n) is 3.72. The van der Waals surface area contributed by atoms with Crippen LogP contribution in [0.5, 0.6) is 5.75 Å². The average molecular weight is 482 g/mol. The molecule has 0 radical (unpaired) electrons. The summed E-state index contributed by atoms with van der Waals surface area (Å²) in [6, 6.07) is 23.3. The molecule has 0 spiro atoms. The van der Waals surface area contributed by atoms with Gasteiger partial charge in [0.05, 0.1) is 25.0 Å². The van der Waals surface area contributed by atoms with Crippen molar-refractivity contribution in [1.29, 1.82) is 0 Å². The van der Waals surface area contributed by atoms with Crippen LogP contribution in [0.3, 0.4) is 0 Å². The van der Waals surface area contributed by atoms with Gasteiger partial charge in [0.15, 0.2) is 5.76 Å². The van der Waals surface area contributed by atoms with Gasteiger partial charge in [-0.15, -0.1) is 0 Å². The van der Waals surface area contributed by atoms with E-state index in [1.165, 1.54) is 17.0 Å². The van der Waals surface area contributed by atoms with E-state index in [1.54, 1.807) is 18.2 Å². The summed E-state index contributed by atoms with van der Waals surface area (Å²) in [6.07, 6.45) is 1.68. The Morgan fingerprint density at radius 2 is 1.83 bits per heavy atom. The Kier molecular flexibility index (Phi) is 6.44. The number of amides is 1. The highest BCUT2D eigenvalue weighted by Gasteiger charge is 2.18. The van der Waals surface area contributed by atoms with Crippen molar-refractivity contribution in [3.63, 3.8) is 0 Å². The molecule has 0 fully saturated rings. The first-order valence-corrected chi connectivity index (χ1v) is 11.4. The van der Waals surface area contributed by atoms with Gasteiger partial charge < -0.3 is 14.5 Å². The summed E-state index contributed by atoms with van der Waals surface area (Å²) in [5, 5.41) is 7.43. The SMILES string of the molecule is CCOc1ccc(CC(=O)Nc2cc(-c3ccco3)nn2-c2nc(-c3ccccc3)cc(=O)[nH]2)cc1. The number of hydrogen-bond donors (Lipinski definition) is 2. The third-order valence-corrected chi connectivity index (χ3v) is 5.35. The second-order valence-electron chi connectivity index (χ2n) is 7.93. The molecule has 0 saturated heterocycles. The van der Waals surface area contributed by atoms with Gasteiger partial charge in [-0.25, -0.2) is 4.98 Å². The third kappa shape index (κ3) is 5.10. The molecular formula is C27H23N5O4. The molecule has 2 N–H and O–H groups in total. The zero-order chi connectivity index (χ0) is 24.9. The number of carbonyl (C=O) groups is 1.